The number of benzene rings is 1. The lowest BCUT2D eigenvalue weighted by Gasteiger charge is -2.07. The molecule has 0 saturated carbocycles. The molecule has 1 aromatic carbocycles. The molecule has 20 heavy (non-hydrogen) atoms. The Hall–Kier alpha value is -2.70. The number of carbonyl (C=O) groups is 2. The van der Waals surface area contributed by atoms with Gasteiger partial charge in [-0.2, -0.15) is 0 Å². The van der Waals surface area contributed by atoms with Crippen molar-refractivity contribution in [1.29, 1.82) is 0 Å². The Morgan fingerprint density at radius 2 is 2.15 bits per heavy atom. The Balaban J connectivity index is 2.18. The molecular weight excluding hydrogens is 267 g/mol. The van der Waals surface area contributed by atoms with Crippen LogP contribution >= 0.6 is 0 Å². The van der Waals surface area contributed by atoms with Gasteiger partial charge < -0.3 is 9.15 Å². The zero-order valence-corrected chi connectivity index (χ0v) is 10.6. The maximum absolute atomic E-state index is 12.3. The van der Waals surface area contributed by atoms with Crippen LogP contribution in [0.25, 0.3) is 0 Å². The molecule has 0 fully saturated rings. The summed E-state index contributed by atoms with van der Waals surface area (Å²) in [6.07, 6.45) is 1.17. The molecule has 0 atom stereocenters. The van der Waals surface area contributed by atoms with Gasteiger partial charge in [-0.05, 0) is 12.1 Å². The minimum absolute atomic E-state index is 0.00794. The molecule has 0 aliphatic rings. The van der Waals surface area contributed by atoms with Crippen molar-refractivity contribution in [3.05, 3.63) is 41.8 Å². The molecule has 1 heterocycles. The van der Waals surface area contributed by atoms with E-state index in [9.17, 15) is 14.0 Å². The number of aromatic nitrogens is 1. The number of nitrogens with one attached hydrogen (secondary N) is 1. The molecule has 1 aromatic heterocycles. The summed E-state index contributed by atoms with van der Waals surface area (Å²) < 4.78 is 22.1. The van der Waals surface area contributed by atoms with Gasteiger partial charge in [0.25, 0.3) is 5.91 Å². The van der Waals surface area contributed by atoms with Crippen molar-refractivity contribution in [2.45, 2.75) is 13.6 Å². The van der Waals surface area contributed by atoms with Gasteiger partial charge in [0.2, 0.25) is 0 Å². The summed E-state index contributed by atoms with van der Waals surface area (Å²) in [5.74, 6) is -0.987. The predicted molar refractivity (Wildman–Crippen MR) is 67.0 cm³/mol. The van der Waals surface area contributed by atoms with E-state index in [4.69, 9.17) is 9.15 Å². The molecule has 2 aromatic rings. The number of halogens is 1. The number of anilines is 1. The van der Waals surface area contributed by atoms with Gasteiger partial charge in [-0.25, -0.2) is 9.37 Å². The van der Waals surface area contributed by atoms with E-state index in [2.05, 4.69) is 10.3 Å². The number of rotatable bonds is 4. The summed E-state index contributed by atoms with van der Waals surface area (Å²) in [7, 11) is 0. The van der Waals surface area contributed by atoms with E-state index in [0.29, 0.717) is 0 Å². The average Bonchev–Trinajstić information content (AvgIpc) is 2.86. The van der Waals surface area contributed by atoms with Gasteiger partial charge in [0.05, 0.1) is 11.8 Å². The van der Waals surface area contributed by atoms with Crippen molar-refractivity contribution in [2.75, 3.05) is 5.32 Å². The van der Waals surface area contributed by atoms with Gasteiger partial charge in [0.1, 0.15) is 12.4 Å². The quantitative estimate of drug-likeness (QED) is 0.685. The zero-order valence-electron chi connectivity index (χ0n) is 10.6. The number of oxazole rings is 1. The van der Waals surface area contributed by atoms with E-state index < -0.39 is 18.6 Å². The molecular formula is C13H11FN2O4. The number of ether oxygens (including phenoxy) is 1. The third-order valence-electron chi connectivity index (χ3n) is 2.29. The van der Waals surface area contributed by atoms with E-state index in [0.717, 1.165) is 0 Å². The van der Waals surface area contributed by atoms with Crippen LogP contribution in [0.1, 0.15) is 23.0 Å². The summed E-state index contributed by atoms with van der Waals surface area (Å²) in [6, 6.07) is 6.08. The number of amides is 1. The third-order valence-corrected chi connectivity index (χ3v) is 2.29. The van der Waals surface area contributed by atoms with Crippen LogP contribution in [0.5, 0.6) is 5.75 Å². The second kappa shape index (κ2) is 5.96. The Morgan fingerprint density at radius 1 is 1.40 bits per heavy atom. The largest absolute Gasteiger partial charge is 0.426 e. The number of esters is 1. The number of hydrogen-bond acceptors (Lipinski definition) is 5. The first-order valence-electron chi connectivity index (χ1n) is 5.69. The second-order valence-corrected chi connectivity index (χ2v) is 3.81. The highest BCUT2D eigenvalue weighted by molar-refractivity contribution is 6.05. The zero-order chi connectivity index (χ0) is 14.5. The maximum atomic E-state index is 12.3. The molecule has 2 rings (SSSR count). The van der Waals surface area contributed by atoms with Gasteiger partial charge >= 0.3 is 12.0 Å². The Bertz CT molecular complexity index is 639. The standard InChI is InChI=1S/C13H11FN2O4/c1-8(17)19-11-5-3-2-4-10(11)12(18)16-13-15-7-9(6-14)20-13/h2-5,7H,6H2,1H3,(H,15,16,18). The van der Waals surface area contributed by atoms with Crippen LogP contribution < -0.4 is 10.1 Å². The number of nitrogens with zero attached hydrogens (tertiary/aromatic N) is 1. The van der Waals surface area contributed by atoms with Gasteiger partial charge in [-0.15, -0.1) is 0 Å². The average molecular weight is 278 g/mol. The Labute approximate surface area is 113 Å². The Morgan fingerprint density at radius 3 is 2.80 bits per heavy atom. The van der Waals surface area contributed by atoms with E-state index in [-0.39, 0.29) is 23.1 Å². The second-order valence-electron chi connectivity index (χ2n) is 3.81. The van der Waals surface area contributed by atoms with Crippen molar-refractivity contribution in [1.82, 2.24) is 4.98 Å². The monoisotopic (exact) mass is 278 g/mol. The van der Waals surface area contributed by atoms with E-state index >= 15 is 0 Å². The summed E-state index contributed by atoms with van der Waals surface area (Å²) in [4.78, 5) is 26.7. The molecule has 0 spiro atoms. The van der Waals surface area contributed by atoms with Crippen molar-refractivity contribution >= 4 is 17.9 Å². The number of alkyl halides is 1. The summed E-state index contributed by atoms with van der Waals surface area (Å²) in [5.41, 5.74) is 0.141. The molecule has 104 valence electrons. The SMILES string of the molecule is CC(=O)Oc1ccccc1C(=O)Nc1ncc(CF)o1. The van der Waals surface area contributed by atoms with Crippen molar-refractivity contribution < 1.29 is 23.1 Å². The van der Waals surface area contributed by atoms with Crippen LogP contribution in [-0.2, 0) is 11.5 Å². The van der Waals surface area contributed by atoms with Crippen LogP contribution in [0, 0.1) is 0 Å². The first-order chi connectivity index (χ1) is 9.60. The molecule has 7 heteroatoms. The molecule has 0 bridgehead atoms. The summed E-state index contributed by atoms with van der Waals surface area (Å²) in [5, 5.41) is 2.35. The fourth-order valence-electron chi connectivity index (χ4n) is 1.49. The van der Waals surface area contributed by atoms with Gasteiger partial charge in [0.15, 0.2) is 5.76 Å². The van der Waals surface area contributed by atoms with Crippen LogP contribution in [-0.4, -0.2) is 16.9 Å². The van der Waals surface area contributed by atoms with E-state index in [1.165, 1.54) is 25.3 Å². The first-order valence-corrected chi connectivity index (χ1v) is 5.69. The number of hydrogen-bond donors (Lipinski definition) is 1. The highest BCUT2D eigenvalue weighted by atomic mass is 19.1. The fraction of sp³-hybridized carbons (Fsp3) is 0.154. The van der Waals surface area contributed by atoms with Crippen LogP contribution in [0.4, 0.5) is 10.4 Å². The van der Waals surface area contributed by atoms with Crippen LogP contribution in [0.15, 0.2) is 34.9 Å². The molecule has 0 saturated heterocycles. The van der Waals surface area contributed by atoms with E-state index in [1.54, 1.807) is 12.1 Å². The summed E-state index contributed by atoms with van der Waals surface area (Å²) >= 11 is 0. The number of para-hydroxylation sites is 1. The maximum Gasteiger partial charge on any atom is 0.308 e. The van der Waals surface area contributed by atoms with Crippen LogP contribution in [0.2, 0.25) is 0 Å². The van der Waals surface area contributed by atoms with Crippen molar-refractivity contribution in [3.63, 3.8) is 0 Å². The van der Waals surface area contributed by atoms with E-state index in [1.807, 2.05) is 0 Å². The van der Waals surface area contributed by atoms with Gasteiger partial charge in [-0.1, -0.05) is 12.1 Å². The first kappa shape index (κ1) is 13.7. The lowest BCUT2D eigenvalue weighted by atomic mass is 10.2. The summed E-state index contributed by atoms with van der Waals surface area (Å²) in [6.45, 7) is 0.420. The molecule has 1 N–H and O–H groups in total. The molecule has 6 nitrogen and oxygen atoms in total. The van der Waals surface area contributed by atoms with Crippen molar-refractivity contribution in [3.8, 4) is 5.75 Å². The van der Waals surface area contributed by atoms with Crippen molar-refractivity contribution in [2.24, 2.45) is 0 Å². The minimum atomic E-state index is -0.813. The Kier molecular flexibility index (Phi) is 4.09. The van der Waals surface area contributed by atoms with Gasteiger partial charge in [0, 0.05) is 6.92 Å². The van der Waals surface area contributed by atoms with Gasteiger partial charge in [-0.3, -0.25) is 14.9 Å². The lowest BCUT2D eigenvalue weighted by Crippen LogP contribution is -2.15. The smallest absolute Gasteiger partial charge is 0.308 e. The highest BCUT2D eigenvalue weighted by Gasteiger charge is 2.15. The lowest BCUT2D eigenvalue weighted by molar-refractivity contribution is -0.131. The molecule has 0 aliphatic carbocycles. The predicted octanol–water partition coefficient (Wildman–Crippen LogP) is 2.32. The molecule has 0 aliphatic heterocycles. The molecule has 1 amide bonds. The fourth-order valence-corrected chi connectivity index (χ4v) is 1.49. The van der Waals surface area contributed by atoms with Crippen LogP contribution in [0.3, 0.4) is 0 Å². The third kappa shape index (κ3) is 3.19. The highest BCUT2D eigenvalue weighted by Crippen LogP contribution is 2.20. The number of carbonyl (C=O) groups excluding carboxylic acids is 2. The normalized spacial score (nSPS) is 10.1. The molecule has 0 unspecified atom stereocenters. The molecule has 0 radical (unpaired) electrons. The minimum Gasteiger partial charge on any atom is -0.426 e. The topological polar surface area (TPSA) is 81.4 Å².